The largest absolute Gasteiger partial charge is 0.496 e. The fourth-order valence-electron chi connectivity index (χ4n) is 4.98. The van der Waals surface area contributed by atoms with Gasteiger partial charge in [-0.3, -0.25) is 9.78 Å². The van der Waals surface area contributed by atoms with Crippen molar-refractivity contribution >= 4 is 11.4 Å². The van der Waals surface area contributed by atoms with Gasteiger partial charge in [-0.05, 0) is 23.6 Å². The molecule has 1 aliphatic heterocycles. The highest BCUT2D eigenvalue weighted by Gasteiger charge is 2.44. The van der Waals surface area contributed by atoms with Gasteiger partial charge in [0, 0.05) is 41.9 Å². The second kappa shape index (κ2) is 7.48. The van der Waals surface area contributed by atoms with E-state index in [9.17, 15) is 4.79 Å². The zero-order valence-corrected chi connectivity index (χ0v) is 19.1. The predicted molar refractivity (Wildman–Crippen MR) is 125 cm³/mol. The van der Waals surface area contributed by atoms with Gasteiger partial charge in [-0.25, -0.2) is 14.5 Å². The number of Topliss-reactive ketones (excluding diaryl/α,β-unsaturated/α-hetero) is 1. The summed E-state index contributed by atoms with van der Waals surface area (Å²) in [6, 6.07) is 11.5. The van der Waals surface area contributed by atoms with Crippen LogP contribution in [0.4, 0.5) is 0 Å². The first-order valence-corrected chi connectivity index (χ1v) is 11.2. The summed E-state index contributed by atoms with van der Waals surface area (Å²) in [7, 11) is 1.64. The Morgan fingerprint density at radius 1 is 1.12 bits per heavy atom. The lowest BCUT2D eigenvalue weighted by molar-refractivity contribution is -0.118. The minimum Gasteiger partial charge on any atom is -0.496 e. The number of nitrogens with zero attached hydrogens (tertiary/aromatic N) is 5. The van der Waals surface area contributed by atoms with Crippen molar-refractivity contribution in [1.29, 1.82) is 0 Å². The van der Waals surface area contributed by atoms with E-state index in [1.165, 1.54) is 0 Å². The third kappa shape index (κ3) is 3.17. The number of hydrogen-bond donors (Lipinski definition) is 0. The van der Waals surface area contributed by atoms with Crippen molar-refractivity contribution in [2.75, 3.05) is 7.11 Å². The van der Waals surface area contributed by atoms with Gasteiger partial charge in [0.1, 0.15) is 17.8 Å². The third-order valence-electron chi connectivity index (χ3n) is 6.45. The summed E-state index contributed by atoms with van der Waals surface area (Å²) in [6.45, 7) is 4.17. The first-order chi connectivity index (χ1) is 16.4. The molecule has 6 rings (SSSR count). The molecule has 0 radical (unpaired) electrons. The molecular formula is C26H23N5O3. The maximum absolute atomic E-state index is 13.6. The number of para-hydroxylation sites is 1. The number of rotatable bonds is 3. The van der Waals surface area contributed by atoms with Crippen LogP contribution in [0.15, 0.2) is 66.5 Å². The summed E-state index contributed by atoms with van der Waals surface area (Å²) in [4.78, 5) is 27.1. The number of ketones is 1. The molecule has 0 saturated carbocycles. The zero-order valence-electron chi connectivity index (χ0n) is 19.1. The van der Waals surface area contributed by atoms with E-state index in [4.69, 9.17) is 14.5 Å². The van der Waals surface area contributed by atoms with Crippen LogP contribution in [0.3, 0.4) is 0 Å². The van der Waals surface area contributed by atoms with E-state index in [-0.39, 0.29) is 11.2 Å². The Kier molecular flexibility index (Phi) is 4.52. The Hall–Kier alpha value is -4.07. The standard InChI is InChI=1S/C26H23N5O3/c1-26(2)12-17(32)21-19(13-26)34-25-22(20(21)16-6-4-5-7-18(16)33-3)24-29-23(30-31(24)14-28-25)15-8-10-27-11-9-15/h4-11,14,20H,12-13H2,1-3H3. The number of methoxy groups -OCH3 is 1. The van der Waals surface area contributed by atoms with E-state index >= 15 is 0 Å². The second-order valence-corrected chi connectivity index (χ2v) is 9.46. The number of hydrogen-bond acceptors (Lipinski definition) is 7. The normalized spacial score (nSPS) is 18.9. The molecule has 1 atom stereocenters. The molecule has 0 N–H and O–H groups in total. The van der Waals surface area contributed by atoms with Gasteiger partial charge in [0.05, 0.1) is 18.6 Å². The number of pyridine rings is 1. The van der Waals surface area contributed by atoms with Crippen molar-refractivity contribution in [3.63, 3.8) is 0 Å². The lowest BCUT2D eigenvalue weighted by Crippen LogP contribution is -2.33. The molecule has 4 aromatic rings. The molecule has 1 unspecified atom stereocenters. The molecule has 4 heterocycles. The van der Waals surface area contributed by atoms with E-state index < -0.39 is 5.92 Å². The molecule has 8 nitrogen and oxygen atoms in total. The SMILES string of the molecule is COc1ccccc1C1C2=C(CC(C)(C)CC2=O)Oc2ncn3nc(-c4ccncc4)nc3c21. The molecule has 1 aliphatic carbocycles. The molecule has 0 fully saturated rings. The first-order valence-electron chi connectivity index (χ1n) is 11.2. The summed E-state index contributed by atoms with van der Waals surface area (Å²) in [5.41, 5.74) is 3.49. The molecule has 170 valence electrons. The molecule has 34 heavy (non-hydrogen) atoms. The Labute approximate surface area is 196 Å². The fraction of sp³-hybridized carbons (Fsp3) is 0.269. The molecule has 0 spiro atoms. The Morgan fingerprint density at radius 3 is 2.71 bits per heavy atom. The van der Waals surface area contributed by atoms with Gasteiger partial charge < -0.3 is 9.47 Å². The zero-order chi connectivity index (χ0) is 23.4. The van der Waals surface area contributed by atoms with Gasteiger partial charge in [-0.2, -0.15) is 0 Å². The Morgan fingerprint density at radius 2 is 1.91 bits per heavy atom. The van der Waals surface area contributed by atoms with Crippen LogP contribution in [0.1, 0.15) is 43.7 Å². The van der Waals surface area contributed by atoms with Crippen LogP contribution in [0.25, 0.3) is 17.0 Å². The first kappa shape index (κ1) is 20.5. The van der Waals surface area contributed by atoms with Crippen LogP contribution in [-0.2, 0) is 4.79 Å². The maximum Gasteiger partial charge on any atom is 0.228 e. The molecule has 3 aromatic heterocycles. The molecular weight excluding hydrogens is 430 g/mol. The molecule has 2 aliphatic rings. The summed E-state index contributed by atoms with van der Waals surface area (Å²) < 4.78 is 13.7. The average molecular weight is 454 g/mol. The van der Waals surface area contributed by atoms with Crippen molar-refractivity contribution in [1.82, 2.24) is 24.6 Å². The summed E-state index contributed by atoms with van der Waals surface area (Å²) >= 11 is 0. The van der Waals surface area contributed by atoms with Crippen LogP contribution in [0.2, 0.25) is 0 Å². The number of benzene rings is 1. The minimum atomic E-state index is -0.427. The summed E-state index contributed by atoms with van der Waals surface area (Å²) in [5, 5.41) is 4.64. The molecule has 0 saturated heterocycles. The molecule has 1 aromatic carbocycles. The van der Waals surface area contributed by atoms with Gasteiger partial charge in [-0.15, -0.1) is 5.10 Å². The maximum atomic E-state index is 13.6. The smallest absolute Gasteiger partial charge is 0.228 e. The van der Waals surface area contributed by atoms with E-state index in [1.807, 2.05) is 36.4 Å². The van der Waals surface area contributed by atoms with Gasteiger partial charge in [0.2, 0.25) is 5.88 Å². The van der Waals surface area contributed by atoms with Crippen molar-refractivity contribution < 1.29 is 14.3 Å². The van der Waals surface area contributed by atoms with Gasteiger partial charge >= 0.3 is 0 Å². The lowest BCUT2D eigenvalue weighted by atomic mass is 9.70. The van der Waals surface area contributed by atoms with Crippen LogP contribution in [-0.4, -0.2) is 37.5 Å². The van der Waals surface area contributed by atoms with Gasteiger partial charge in [0.25, 0.3) is 0 Å². The van der Waals surface area contributed by atoms with E-state index in [2.05, 4.69) is 28.9 Å². The van der Waals surface area contributed by atoms with Crippen molar-refractivity contribution in [2.45, 2.75) is 32.6 Å². The third-order valence-corrected chi connectivity index (χ3v) is 6.45. The van der Waals surface area contributed by atoms with Crippen LogP contribution in [0, 0.1) is 5.41 Å². The number of allylic oxidation sites excluding steroid dienone is 2. The minimum absolute atomic E-state index is 0.0729. The lowest BCUT2D eigenvalue weighted by Gasteiger charge is -2.37. The van der Waals surface area contributed by atoms with E-state index in [0.29, 0.717) is 52.8 Å². The van der Waals surface area contributed by atoms with Gasteiger partial charge in [0.15, 0.2) is 17.3 Å². The average Bonchev–Trinajstić information content (AvgIpc) is 3.27. The number of ether oxygens (including phenoxy) is 2. The topological polar surface area (TPSA) is 91.5 Å². The molecule has 0 bridgehead atoms. The van der Waals surface area contributed by atoms with Crippen LogP contribution >= 0.6 is 0 Å². The highest BCUT2D eigenvalue weighted by molar-refractivity contribution is 6.00. The van der Waals surface area contributed by atoms with Crippen LogP contribution < -0.4 is 9.47 Å². The van der Waals surface area contributed by atoms with Crippen LogP contribution in [0.5, 0.6) is 11.6 Å². The highest BCUT2D eigenvalue weighted by atomic mass is 16.5. The van der Waals surface area contributed by atoms with Gasteiger partial charge in [-0.1, -0.05) is 32.0 Å². The predicted octanol–water partition coefficient (Wildman–Crippen LogP) is 4.36. The second-order valence-electron chi connectivity index (χ2n) is 9.46. The quantitative estimate of drug-likeness (QED) is 0.455. The molecule has 0 amide bonds. The number of carbonyl (C=O) groups excluding carboxylic acids is 1. The number of aromatic nitrogens is 5. The summed E-state index contributed by atoms with van der Waals surface area (Å²) in [6.07, 6.45) is 6.11. The fourth-order valence-corrected chi connectivity index (χ4v) is 4.98. The van der Waals surface area contributed by atoms with Crippen molar-refractivity contribution in [2.24, 2.45) is 5.41 Å². The highest BCUT2D eigenvalue weighted by Crippen LogP contribution is 2.51. The Bertz CT molecular complexity index is 1470. The van der Waals surface area contributed by atoms with E-state index in [0.717, 1.165) is 11.1 Å². The number of carbonyl (C=O) groups is 1. The monoisotopic (exact) mass is 453 g/mol. The Balaban J connectivity index is 1.63. The van der Waals surface area contributed by atoms with Crippen molar-refractivity contribution in [3.8, 4) is 23.0 Å². The van der Waals surface area contributed by atoms with Crippen molar-refractivity contribution in [3.05, 3.63) is 77.6 Å². The summed E-state index contributed by atoms with van der Waals surface area (Å²) in [5.74, 6) is 2.01. The molecule has 8 heteroatoms. The number of fused-ring (bicyclic) bond motifs is 3. The van der Waals surface area contributed by atoms with E-state index in [1.54, 1.807) is 30.3 Å².